The second kappa shape index (κ2) is 6.71. The molecular formula is C30H46O4. The van der Waals surface area contributed by atoms with Crippen LogP contribution in [0.1, 0.15) is 106 Å². The van der Waals surface area contributed by atoms with Crippen molar-refractivity contribution in [1.82, 2.24) is 0 Å². The van der Waals surface area contributed by atoms with E-state index in [2.05, 4.69) is 47.6 Å². The van der Waals surface area contributed by atoms with Crippen molar-refractivity contribution < 1.29 is 19.4 Å². The number of aliphatic hydroxyl groups is 1. The van der Waals surface area contributed by atoms with Crippen molar-refractivity contribution in [2.75, 3.05) is 0 Å². The summed E-state index contributed by atoms with van der Waals surface area (Å²) in [7, 11) is 0. The summed E-state index contributed by atoms with van der Waals surface area (Å²) in [5.74, 6) is 0.605. The van der Waals surface area contributed by atoms with Crippen LogP contribution in [0.15, 0.2) is 11.6 Å². The van der Waals surface area contributed by atoms with E-state index in [9.17, 15) is 9.90 Å². The number of hydrogen-bond donors (Lipinski definition) is 1. The van der Waals surface area contributed by atoms with E-state index < -0.39 is 5.79 Å². The zero-order valence-corrected chi connectivity index (χ0v) is 22.5. The van der Waals surface area contributed by atoms with Crippen LogP contribution in [0.5, 0.6) is 0 Å². The molecule has 2 heterocycles. The summed E-state index contributed by atoms with van der Waals surface area (Å²) in [5, 5.41) is 10.9. The van der Waals surface area contributed by atoms with Gasteiger partial charge < -0.3 is 14.6 Å². The van der Waals surface area contributed by atoms with Crippen molar-refractivity contribution in [3.05, 3.63) is 11.6 Å². The Morgan fingerprint density at radius 1 is 0.971 bits per heavy atom. The second-order valence-corrected chi connectivity index (χ2v) is 14.6. The highest BCUT2D eigenvalue weighted by Gasteiger charge is 2.76. The average molecular weight is 471 g/mol. The summed E-state index contributed by atoms with van der Waals surface area (Å²) in [5.41, 5.74) is 1.59. The normalized spacial score (nSPS) is 57.8. The third kappa shape index (κ3) is 2.51. The van der Waals surface area contributed by atoms with Crippen molar-refractivity contribution in [3.63, 3.8) is 0 Å². The third-order valence-corrected chi connectivity index (χ3v) is 13.0. The SMILES string of the molecule is CC1CC2(CC(C)C3(C)CCC4(C)C5=CCC6C(C)(C)C(O)CCC6(C)C5CCC43O2)OC1=O. The van der Waals surface area contributed by atoms with Crippen LogP contribution in [-0.2, 0) is 14.3 Å². The van der Waals surface area contributed by atoms with Gasteiger partial charge >= 0.3 is 5.97 Å². The Kier molecular flexibility index (Phi) is 4.64. The largest absolute Gasteiger partial charge is 0.433 e. The molecule has 190 valence electrons. The topological polar surface area (TPSA) is 55.8 Å². The van der Waals surface area contributed by atoms with Gasteiger partial charge in [0, 0.05) is 23.7 Å². The summed E-state index contributed by atoms with van der Waals surface area (Å²) in [6.45, 7) is 16.5. The minimum atomic E-state index is -0.744. The molecule has 0 amide bonds. The fraction of sp³-hybridized carbons (Fsp3) is 0.900. The fourth-order valence-electron chi connectivity index (χ4n) is 10.8. The average Bonchev–Trinajstić information content (AvgIpc) is 3.16. The Bertz CT molecular complexity index is 953. The molecule has 34 heavy (non-hydrogen) atoms. The molecule has 1 N–H and O–H groups in total. The standard InChI is InChI=1S/C30H46O4/c1-18-16-29(33-24(18)32)17-19(2)27(6)14-15-28(7)21-8-9-22-25(3,4)23(31)11-12-26(22,5)20(21)10-13-30(27,28)34-29/h8,18-20,22-23,31H,9-17H2,1-7H3. The van der Waals surface area contributed by atoms with Gasteiger partial charge in [0.2, 0.25) is 5.79 Å². The van der Waals surface area contributed by atoms with Gasteiger partial charge in [0.25, 0.3) is 0 Å². The van der Waals surface area contributed by atoms with Gasteiger partial charge in [-0.2, -0.15) is 0 Å². The Morgan fingerprint density at radius 3 is 2.38 bits per heavy atom. The molecule has 3 saturated carbocycles. The first-order valence-corrected chi connectivity index (χ1v) is 14.1. The van der Waals surface area contributed by atoms with E-state index >= 15 is 0 Å². The monoisotopic (exact) mass is 470 g/mol. The van der Waals surface area contributed by atoms with Crippen molar-refractivity contribution in [3.8, 4) is 0 Å². The molecule has 6 aliphatic rings. The summed E-state index contributed by atoms with van der Waals surface area (Å²) >= 11 is 0. The van der Waals surface area contributed by atoms with Gasteiger partial charge in [-0.25, -0.2) is 0 Å². The maximum atomic E-state index is 12.5. The maximum absolute atomic E-state index is 12.5. The van der Waals surface area contributed by atoms with Gasteiger partial charge in [0.1, 0.15) is 0 Å². The van der Waals surface area contributed by atoms with Crippen LogP contribution in [-0.4, -0.2) is 28.6 Å². The highest BCUT2D eigenvalue weighted by atomic mass is 16.7. The molecule has 2 spiro atoms. The molecule has 2 saturated heterocycles. The summed E-state index contributed by atoms with van der Waals surface area (Å²) in [4.78, 5) is 12.5. The molecule has 2 aliphatic heterocycles. The first kappa shape index (κ1) is 23.5. The van der Waals surface area contributed by atoms with Crippen LogP contribution in [0, 0.1) is 45.3 Å². The zero-order chi connectivity index (χ0) is 24.5. The Hall–Kier alpha value is -0.870. The number of rotatable bonds is 0. The number of carbonyl (C=O) groups is 1. The fourth-order valence-corrected chi connectivity index (χ4v) is 10.8. The summed E-state index contributed by atoms with van der Waals surface area (Å²) in [6, 6.07) is 0. The van der Waals surface area contributed by atoms with Crippen LogP contribution in [0.3, 0.4) is 0 Å². The van der Waals surface area contributed by atoms with E-state index in [1.807, 2.05) is 6.92 Å². The van der Waals surface area contributed by atoms with Crippen molar-refractivity contribution in [2.45, 2.75) is 124 Å². The Morgan fingerprint density at radius 2 is 1.71 bits per heavy atom. The highest BCUT2D eigenvalue weighted by molar-refractivity contribution is 5.74. The first-order chi connectivity index (χ1) is 15.7. The van der Waals surface area contributed by atoms with Crippen LogP contribution < -0.4 is 0 Å². The van der Waals surface area contributed by atoms with Gasteiger partial charge in [0.15, 0.2) is 0 Å². The highest BCUT2D eigenvalue weighted by Crippen LogP contribution is 2.76. The number of carbonyl (C=O) groups excluding carboxylic acids is 1. The molecule has 10 atom stereocenters. The maximum Gasteiger partial charge on any atom is 0.311 e. The molecule has 4 aliphatic carbocycles. The van der Waals surface area contributed by atoms with Crippen molar-refractivity contribution in [1.29, 1.82) is 0 Å². The van der Waals surface area contributed by atoms with Crippen molar-refractivity contribution in [2.24, 2.45) is 45.3 Å². The molecule has 0 bridgehead atoms. The predicted octanol–water partition coefficient (Wildman–Crippen LogP) is 6.41. The molecule has 0 aromatic rings. The number of fused-ring (bicyclic) bond motifs is 4. The van der Waals surface area contributed by atoms with E-state index in [1.54, 1.807) is 5.57 Å². The molecule has 6 rings (SSSR count). The van der Waals surface area contributed by atoms with Crippen LogP contribution in [0.4, 0.5) is 0 Å². The van der Waals surface area contributed by atoms with Crippen LogP contribution >= 0.6 is 0 Å². The van der Waals surface area contributed by atoms with Gasteiger partial charge in [0.05, 0.1) is 17.6 Å². The number of esters is 1. The van der Waals surface area contributed by atoms with Gasteiger partial charge in [-0.3, -0.25) is 4.79 Å². The lowest BCUT2D eigenvalue weighted by atomic mass is 9.41. The van der Waals surface area contributed by atoms with E-state index in [1.165, 1.54) is 6.42 Å². The molecule has 0 aromatic carbocycles. The molecule has 10 unspecified atom stereocenters. The van der Waals surface area contributed by atoms with E-state index in [-0.39, 0.29) is 45.3 Å². The minimum Gasteiger partial charge on any atom is -0.433 e. The Balaban J connectivity index is 1.45. The molecule has 4 nitrogen and oxygen atoms in total. The lowest BCUT2D eigenvalue weighted by molar-refractivity contribution is -0.354. The number of allylic oxidation sites excluding steroid dienone is 1. The Labute approximate surface area is 206 Å². The molecule has 0 aromatic heterocycles. The smallest absolute Gasteiger partial charge is 0.311 e. The van der Waals surface area contributed by atoms with Gasteiger partial charge in [-0.15, -0.1) is 0 Å². The lowest BCUT2D eigenvalue weighted by Gasteiger charge is -2.67. The molecular weight excluding hydrogens is 424 g/mol. The van der Waals surface area contributed by atoms with E-state index in [0.717, 1.165) is 44.9 Å². The molecule has 5 fully saturated rings. The predicted molar refractivity (Wildman–Crippen MR) is 132 cm³/mol. The molecule has 0 radical (unpaired) electrons. The van der Waals surface area contributed by atoms with Gasteiger partial charge in [-0.05, 0) is 73.5 Å². The summed E-state index contributed by atoms with van der Waals surface area (Å²) in [6.07, 6.45) is 11.5. The zero-order valence-electron chi connectivity index (χ0n) is 22.5. The number of hydrogen-bond acceptors (Lipinski definition) is 4. The quantitative estimate of drug-likeness (QED) is 0.328. The van der Waals surface area contributed by atoms with Crippen molar-refractivity contribution >= 4 is 5.97 Å². The van der Waals surface area contributed by atoms with Crippen LogP contribution in [0.2, 0.25) is 0 Å². The molecule has 4 heteroatoms. The first-order valence-electron chi connectivity index (χ1n) is 14.1. The minimum absolute atomic E-state index is 0.0290. The van der Waals surface area contributed by atoms with E-state index in [4.69, 9.17) is 9.47 Å². The second-order valence-electron chi connectivity index (χ2n) is 14.6. The number of ether oxygens (including phenoxy) is 2. The number of aliphatic hydroxyl groups excluding tert-OH is 1. The van der Waals surface area contributed by atoms with Gasteiger partial charge in [-0.1, -0.05) is 60.1 Å². The summed E-state index contributed by atoms with van der Waals surface area (Å²) < 4.78 is 13.4. The lowest BCUT2D eigenvalue weighted by Crippen LogP contribution is -2.68. The van der Waals surface area contributed by atoms with Crippen LogP contribution in [0.25, 0.3) is 0 Å². The van der Waals surface area contributed by atoms with E-state index in [0.29, 0.717) is 24.2 Å². The third-order valence-electron chi connectivity index (χ3n) is 13.0.